The van der Waals surface area contributed by atoms with Crippen LogP contribution in [-0.4, -0.2) is 51.0 Å². The Morgan fingerprint density at radius 1 is 1.19 bits per heavy atom. The average Bonchev–Trinajstić information content (AvgIpc) is 3.19. The van der Waals surface area contributed by atoms with Crippen molar-refractivity contribution in [2.75, 3.05) is 31.1 Å². The molecule has 0 unspecified atom stereocenters. The van der Waals surface area contributed by atoms with Gasteiger partial charge in [0.05, 0.1) is 13.0 Å². The van der Waals surface area contributed by atoms with Gasteiger partial charge in [0.1, 0.15) is 0 Å². The van der Waals surface area contributed by atoms with E-state index in [1.807, 2.05) is 23.1 Å². The highest BCUT2D eigenvalue weighted by Crippen LogP contribution is 2.20. The molecule has 0 aliphatic carbocycles. The first-order valence-corrected chi connectivity index (χ1v) is 10.3. The Balaban J connectivity index is 1.84. The Morgan fingerprint density at radius 3 is 2.59 bits per heavy atom. The highest BCUT2D eigenvalue weighted by atomic mass is 16.7. The molecule has 1 saturated heterocycles. The van der Waals surface area contributed by atoms with Crippen LogP contribution in [0.2, 0.25) is 0 Å². The molecule has 0 amide bonds. The molecule has 1 aliphatic rings. The lowest BCUT2D eigenvalue weighted by Crippen LogP contribution is -2.44. The number of carbonyl (C=O) groups is 1. The van der Waals surface area contributed by atoms with Crippen LogP contribution in [0.1, 0.15) is 12.5 Å². The largest absolute Gasteiger partial charge is 0.366 e. The van der Waals surface area contributed by atoms with E-state index in [4.69, 9.17) is 4.84 Å². The van der Waals surface area contributed by atoms with E-state index < -0.39 is 17.2 Å². The van der Waals surface area contributed by atoms with Crippen LogP contribution >= 0.6 is 0 Å². The number of benzene rings is 1. The van der Waals surface area contributed by atoms with Gasteiger partial charge in [-0.2, -0.15) is 4.98 Å². The second-order valence-electron chi connectivity index (χ2n) is 7.40. The summed E-state index contributed by atoms with van der Waals surface area (Å²) in [7, 11) is 1.35. The van der Waals surface area contributed by atoms with Crippen molar-refractivity contribution >= 4 is 23.1 Å². The van der Waals surface area contributed by atoms with Crippen molar-refractivity contribution in [3.05, 3.63) is 56.7 Å². The summed E-state index contributed by atoms with van der Waals surface area (Å²) in [5.74, 6) is 5.67. The van der Waals surface area contributed by atoms with Gasteiger partial charge in [0.15, 0.2) is 5.52 Å². The minimum Gasteiger partial charge on any atom is -0.340 e. The molecule has 3 heterocycles. The zero-order chi connectivity index (χ0) is 22.7. The number of imidazole rings is 1. The highest BCUT2D eigenvalue weighted by molar-refractivity contribution is 5.77. The van der Waals surface area contributed by atoms with Crippen molar-refractivity contribution in [2.24, 2.45) is 7.05 Å². The van der Waals surface area contributed by atoms with Crippen LogP contribution in [0.25, 0.3) is 11.2 Å². The van der Waals surface area contributed by atoms with E-state index >= 15 is 0 Å². The van der Waals surface area contributed by atoms with Crippen LogP contribution in [0.4, 0.5) is 5.95 Å². The molecule has 0 saturated carbocycles. The van der Waals surface area contributed by atoms with Gasteiger partial charge >= 0.3 is 11.7 Å². The third kappa shape index (κ3) is 4.02. The van der Waals surface area contributed by atoms with Crippen molar-refractivity contribution < 1.29 is 9.63 Å². The summed E-state index contributed by atoms with van der Waals surface area (Å²) < 4.78 is 3.40. The number of aromatic nitrogens is 4. The smallest absolute Gasteiger partial charge is 0.340 e. The Bertz CT molecular complexity index is 1320. The summed E-state index contributed by atoms with van der Waals surface area (Å²) in [4.78, 5) is 50.5. The summed E-state index contributed by atoms with van der Waals surface area (Å²) in [6.45, 7) is 4.82. The van der Waals surface area contributed by atoms with Crippen molar-refractivity contribution in [1.82, 2.24) is 24.2 Å². The lowest BCUT2D eigenvalue weighted by atomic mass is 10.2. The number of nitrogens with one attached hydrogen (secondary N) is 1. The van der Waals surface area contributed by atoms with E-state index in [2.05, 4.69) is 22.1 Å². The molecule has 0 atom stereocenters. The molecule has 1 aromatic carbocycles. The molecule has 1 aliphatic heterocycles. The fourth-order valence-corrected chi connectivity index (χ4v) is 3.65. The second kappa shape index (κ2) is 9.11. The molecular formula is C22H24N6O4. The van der Waals surface area contributed by atoms with Gasteiger partial charge in [-0.25, -0.2) is 9.59 Å². The highest BCUT2D eigenvalue weighted by Gasteiger charge is 2.26. The molecule has 0 bridgehead atoms. The van der Waals surface area contributed by atoms with Crippen LogP contribution in [-0.2, 0) is 24.8 Å². The van der Waals surface area contributed by atoms with Gasteiger partial charge in [-0.15, -0.1) is 5.92 Å². The number of fused-ring (bicyclic) bond motifs is 1. The molecule has 0 radical (unpaired) electrons. The first-order chi connectivity index (χ1) is 15.5. The van der Waals surface area contributed by atoms with E-state index in [9.17, 15) is 14.4 Å². The summed E-state index contributed by atoms with van der Waals surface area (Å²) in [5.41, 5.74) is -0.382. The predicted octanol–water partition coefficient (Wildman–Crippen LogP) is -0.472. The van der Waals surface area contributed by atoms with Gasteiger partial charge < -0.3 is 15.1 Å². The summed E-state index contributed by atoms with van der Waals surface area (Å²) in [6.07, 6.45) is -0.0235. The minimum atomic E-state index is -0.776. The Morgan fingerprint density at radius 2 is 1.91 bits per heavy atom. The number of hydrogen-bond donors (Lipinski definition) is 1. The number of hydrogen-bond acceptors (Lipinski definition) is 7. The lowest BCUT2D eigenvalue weighted by molar-refractivity contribution is -0.143. The maximum Gasteiger partial charge on any atom is 0.366 e. The zero-order valence-electron chi connectivity index (χ0n) is 18.0. The van der Waals surface area contributed by atoms with Crippen LogP contribution in [0.5, 0.6) is 0 Å². The van der Waals surface area contributed by atoms with Crippen LogP contribution in [0.15, 0.2) is 39.9 Å². The number of carbonyl (C=O) groups excluding carboxylic acids is 1. The summed E-state index contributed by atoms with van der Waals surface area (Å²) in [6, 6.07) is 9.06. The third-order valence-corrected chi connectivity index (χ3v) is 5.29. The van der Waals surface area contributed by atoms with Gasteiger partial charge in [0.2, 0.25) is 11.6 Å². The van der Waals surface area contributed by atoms with Gasteiger partial charge in [-0.1, -0.05) is 41.0 Å². The van der Waals surface area contributed by atoms with Gasteiger partial charge in [0.25, 0.3) is 5.56 Å². The first-order valence-electron chi connectivity index (χ1n) is 10.3. The minimum absolute atomic E-state index is 0.00551. The monoisotopic (exact) mass is 436 g/mol. The van der Waals surface area contributed by atoms with Crippen LogP contribution in [0.3, 0.4) is 0 Å². The van der Waals surface area contributed by atoms with E-state index in [0.717, 1.165) is 28.0 Å². The zero-order valence-corrected chi connectivity index (χ0v) is 18.0. The van der Waals surface area contributed by atoms with E-state index in [0.29, 0.717) is 19.0 Å². The van der Waals surface area contributed by atoms with Crippen LogP contribution in [0, 0.1) is 11.8 Å². The normalized spacial score (nSPS) is 13.6. The number of rotatable bonds is 5. The third-order valence-electron chi connectivity index (χ3n) is 5.29. The molecule has 0 spiro atoms. The quantitative estimate of drug-likeness (QED) is 0.539. The molecule has 32 heavy (non-hydrogen) atoms. The molecule has 10 nitrogen and oxygen atoms in total. The molecule has 3 aromatic rings. The molecular weight excluding hydrogens is 412 g/mol. The second-order valence-corrected chi connectivity index (χ2v) is 7.40. The summed E-state index contributed by atoms with van der Waals surface area (Å²) in [5, 5.41) is 3.27. The van der Waals surface area contributed by atoms with E-state index in [1.54, 1.807) is 23.6 Å². The molecule has 1 fully saturated rings. The van der Waals surface area contributed by atoms with Gasteiger partial charge in [-0.3, -0.25) is 13.9 Å². The maximum atomic E-state index is 13.0. The Kier molecular flexibility index (Phi) is 6.09. The molecule has 166 valence electrons. The number of nitrogens with zero attached hydrogens (tertiary/aromatic N) is 5. The van der Waals surface area contributed by atoms with Crippen molar-refractivity contribution in [3.63, 3.8) is 0 Å². The fraction of sp³-hybridized carbons (Fsp3) is 0.364. The molecule has 4 rings (SSSR count). The van der Waals surface area contributed by atoms with Gasteiger partial charge in [0, 0.05) is 33.2 Å². The van der Waals surface area contributed by atoms with E-state index in [1.165, 1.54) is 7.05 Å². The van der Waals surface area contributed by atoms with Gasteiger partial charge in [-0.05, 0) is 12.5 Å². The number of anilines is 1. The first kappa shape index (κ1) is 21.4. The lowest BCUT2D eigenvalue weighted by Gasteiger charge is -2.28. The Hall–Kier alpha value is -3.84. The van der Waals surface area contributed by atoms with Crippen molar-refractivity contribution in [1.29, 1.82) is 0 Å². The molecule has 1 N–H and O–H groups in total. The Labute approximate surface area is 184 Å². The van der Waals surface area contributed by atoms with Crippen molar-refractivity contribution in [3.8, 4) is 11.8 Å². The fourth-order valence-electron chi connectivity index (χ4n) is 3.65. The van der Waals surface area contributed by atoms with E-state index in [-0.39, 0.29) is 24.1 Å². The standard InChI is InChI=1S/C22H24N6O4/c1-3-4-12-27-18-19(24-21(27)26-13-10-23-11-14-26)28(22(31)25(2)20(18)30)32-17(29)15-16-8-6-5-7-9-16/h5-9,23H,10-15H2,1-2H3. The topological polar surface area (TPSA) is 103 Å². The average molecular weight is 436 g/mol. The maximum absolute atomic E-state index is 13.0. The SMILES string of the molecule is CC#CCn1c(N2CCNCC2)nc2c1c(=O)n(C)c(=O)n2OC(=O)Cc1ccccc1. The predicted molar refractivity (Wildman–Crippen MR) is 119 cm³/mol. The summed E-state index contributed by atoms with van der Waals surface area (Å²) >= 11 is 0. The van der Waals surface area contributed by atoms with Crippen molar-refractivity contribution in [2.45, 2.75) is 19.9 Å². The number of piperazine rings is 1. The molecule has 10 heteroatoms. The van der Waals surface area contributed by atoms with Crippen LogP contribution < -0.4 is 26.3 Å². The molecule has 2 aromatic heterocycles.